The average Bonchev–Trinajstić information content (AvgIpc) is 2.81. The molecule has 0 N–H and O–H groups in total. The first-order valence-corrected chi connectivity index (χ1v) is 7.17. The Morgan fingerprint density at radius 3 is 2.79 bits per heavy atom. The van der Waals surface area contributed by atoms with Gasteiger partial charge in [0.15, 0.2) is 5.78 Å². The van der Waals surface area contributed by atoms with Gasteiger partial charge in [-0.25, -0.2) is 0 Å². The molecule has 2 aromatic rings. The summed E-state index contributed by atoms with van der Waals surface area (Å²) in [5, 5.41) is 4.82. The molecule has 0 saturated heterocycles. The third kappa shape index (κ3) is 3.25. The van der Waals surface area contributed by atoms with Crippen molar-refractivity contribution in [2.24, 2.45) is 0 Å². The highest BCUT2D eigenvalue weighted by Gasteiger charge is 2.14. The minimum absolute atomic E-state index is 0.0275. The van der Waals surface area contributed by atoms with E-state index in [1.165, 1.54) is 0 Å². The topological polar surface area (TPSA) is 34.9 Å². The summed E-state index contributed by atoms with van der Waals surface area (Å²) >= 11 is 9.44. The van der Waals surface area contributed by atoms with Gasteiger partial charge in [-0.05, 0) is 48.0 Å². The first-order chi connectivity index (χ1) is 8.99. The molecule has 0 spiro atoms. The highest BCUT2D eigenvalue weighted by atomic mass is 79.9. The van der Waals surface area contributed by atoms with E-state index >= 15 is 0 Å². The Balaban J connectivity index is 2.18. The number of halogens is 2. The summed E-state index contributed by atoms with van der Waals surface area (Å²) < 4.78 is 2.57. The first kappa shape index (κ1) is 14.3. The highest BCUT2D eigenvalue weighted by molar-refractivity contribution is 9.10. The SMILES string of the molecule is CC(C)n1ccc(CC(=O)c2cccc(Br)c2Cl)n1. The van der Waals surface area contributed by atoms with E-state index in [4.69, 9.17) is 11.6 Å². The van der Waals surface area contributed by atoms with Crippen LogP contribution in [0.1, 0.15) is 35.9 Å². The molecule has 0 bridgehead atoms. The summed E-state index contributed by atoms with van der Waals surface area (Å²) in [5.41, 5.74) is 1.28. The van der Waals surface area contributed by atoms with Crippen LogP contribution < -0.4 is 0 Å². The van der Waals surface area contributed by atoms with Gasteiger partial charge in [0.1, 0.15) is 0 Å². The van der Waals surface area contributed by atoms with Crippen molar-refractivity contribution in [2.75, 3.05) is 0 Å². The normalized spacial score (nSPS) is 11.0. The third-order valence-electron chi connectivity index (χ3n) is 2.79. The number of benzene rings is 1. The Morgan fingerprint density at radius 1 is 1.42 bits per heavy atom. The van der Waals surface area contributed by atoms with Crippen molar-refractivity contribution >= 4 is 33.3 Å². The van der Waals surface area contributed by atoms with E-state index in [0.29, 0.717) is 16.6 Å². The fourth-order valence-corrected chi connectivity index (χ4v) is 2.34. The van der Waals surface area contributed by atoms with Gasteiger partial charge >= 0.3 is 0 Å². The molecular weight excluding hydrogens is 328 g/mol. The number of aromatic nitrogens is 2. The van der Waals surface area contributed by atoms with Crippen molar-refractivity contribution in [3.63, 3.8) is 0 Å². The number of nitrogens with zero attached hydrogens (tertiary/aromatic N) is 2. The third-order valence-corrected chi connectivity index (χ3v) is 4.08. The van der Waals surface area contributed by atoms with E-state index in [0.717, 1.165) is 10.2 Å². The van der Waals surface area contributed by atoms with Crippen LogP contribution in [0.15, 0.2) is 34.9 Å². The number of hydrogen-bond donors (Lipinski definition) is 0. The van der Waals surface area contributed by atoms with Gasteiger partial charge in [0.25, 0.3) is 0 Å². The van der Waals surface area contributed by atoms with Crippen molar-refractivity contribution in [2.45, 2.75) is 26.3 Å². The number of rotatable bonds is 4. The Hall–Kier alpha value is -1.13. The Labute approximate surface area is 125 Å². The van der Waals surface area contributed by atoms with Crippen molar-refractivity contribution in [1.29, 1.82) is 0 Å². The number of carbonyl (C=O) groups is 1. The van der Waals surface area contributed by atoms with Crippen molar-refractivity contribution in [1.82, 2.24) is 9.78 Å². The zero-order valence-corrected chi connectivity index (χ0v) is 13.1. The predicted molar refractivity (Wildman–Crippen MR) is 79.8 cm³/mol. The zero-order chi connectivity index (χ0) is 14.0. The smallest absolute Gasteiger partial charge is 0.170 e. The molecule has 1 aromatic heterocycles. The van der Waals surface area contributed by atoms with E-state index in [-0.39, 0.29) is 12.2 Å². The zero-order valence-electron chi connectivity index (χ0n) is 10.7. The van der Waals surface area contributed by atoms with Crippen LogP contribution in [0.3, 0.4) is 0 Å². The van der Waals surface area contributed by atoms with E-state index in [1.807, 2.05) is 36.9 Å². The van der Waals surface area contributed by atoms with Crippen LogP contribution in [-0.2, 0) is 6.42 Å². The molecule has 0 saturated carbocycles. The molecule has 5 heteroatoms. The molecule has 100 valence electrons. The lowest BCUT2D eigenvalue weighted by molar-refractivity contribution is 0.0991. The molecule has 0 unspecified atom stereocenters. The lowest BCUT2D eigenvalue weighted by Gasteiger charge is -2.05. The summed E-state index contributed by atoms with van der Waals surface area (Å²) in [4.78, 5) is 12.2. The summed E-state index contributed by atoms with van der Waals surface area (Å²) in [6, 6.07) is 7.50. The second-order valence-electron chi connectivity index (χ2n) is 4.58. The highest BCUT2D eigenvalue weighted by Crippen LogP contribution is 2.26. The maximum Gasteiger partial charge on any atom is 0.170 e. The van der Waals surface area contributed by atoms with Gasteiger partial charge in [-0.3, -0.25) is 9.48 Å². The maximum absolute atomic E-state index is 12.2. The Morgan fingerprint density at radius 2 is 2.16 bits per heavy atom. The largest absolute Gasteiger partial charge is 0.294 e. The van der Waals surface area contributed by atoms with Crippen LogP contribution in [0.4, 0.5) is 0 Å². The second kappa shape index (κ2) is 5.88. The molecule has 3 nitrogen and oxygen atoms in total. The molecule has 1 aromatic carbocycles. The first-order valence-electron chi connectivity index (χ1n) is 6.00. The number of Topliss-reactive ketones (excluding diaryl/α,β-unsaturated/α-hetero) is 1. The summed E-state index contributed by atoms with van der Waals surface area (Å²) in [6.07, 6.45) is 2.14. The summed E-state index contributed by atoms with van der Waals surface area (Å²) in [7, 11) is 0. The number of hydrogen-bond acceptors (Lipinski definition) is 2. The molecule has 0 aliphatic rings. The molecule has 0 amide bonds. The van der Waals surface area contributed by atoms with Crippen molar-refractivity contribution in [3.05, 3.63) is 51.2 Å². The lowest BCUT2D eigenvalue weighted by atomic mass is 10.1. The van der Waals surface area contributed by atoms with E-state index < -0.39 is 0 Å². The monoisotopic (exact) mass is 340 g/mol. The van der Waals surface area contributed by atoms with Crippen LogP contribution in [-0.4, -0.2) is 15.6 Å². The van der Waals surface area contributed by atoms with E-state index in [2.05, 4.69) is 21.0 Å². The maximum atomic E-state index is 12.2. The summed E-state index contributed by atoms with van der Waals surface area (Å²) in [6.45, 7) is 4.09. The Bertz CT molecular complexity index is 607. The van der Waals surface area contributed by atoms with Crippen molar-refractivity contribution < 1.29 is 4.79 Å². The minimum atomic E-state index is -0.0275. The van der Waals surface area contributed by atoms with Crippen LogP contribution in [0.5, 0.6) is 0 Å². The molecule has 2 rings (SSSR count). The molecule has 19 heavy (non-hydrogen) atoms. The fraction of sp³-hybridized carbons (Fsp3) is 0.286. The predicted octanol–water partition coefficient (Wildman–Crippen LogP) is 4.31. The minimum Gasteiger partial charge on any atom is -0.294 e. The Kier molecular flexibility index (Phi) is 4.42. The lowest BCUT2D eigenvalue weighted by Crippen LogP contribution is -2.07. The van der Waals surface area contributed by atoms with Crippen molar-refractivity contribution in [3.8, 4) is 0 Å². The van der Waals surface area contributed by atoms with Gasteiger partial charge in [-0.1, -0.05) is 17.7 Å². The summed E-state index contributed by atoms with van der Waals surface area (Å²) in [5.74, 6) is -0.0275. The van der Waals surface area contributed by atoms with Crippen LogP contribution in [0.2, 0.25) is 5.02 Å². The molecular formula is C14H14BrClN2O. The van der Waals surface area contributed by atoms with Gasteiger partial charge < -0.3 is 0 Å². The van der Waals surface area contributed by atoms with Crippen LogP contribution >= 0.6 is 27.5 Å². The van der Waals surface area contributed by atoms with Gasteiger partial charge in [-0.15, -0.1) is 0 Å². The molecule has 0 fully saturated rings. The van der Waals surface area contributed by atoms with Gasteiger partial charge in [0, 0.05) is 22.3 Å². The second-order valence-corrected chi connectivity index (χ2v) is 5.81. The average molecular weight is 342 g/mol. The molecule has 0 aliphatic heterocycles. The fourth-order valence-electron chi connectivity index (χ4n) is 1.74. The van der Waals surface area contributed by atoms with Gasteiger partial charge in [0.2, 0.25) is 0 Å². The van der Waals surface area contributed by atoms with Gasteiger partial charge in [-0.2, -0.15) is 5.10 Å². The molecule has 0 radical (unpaired) electrons. The quantitative estimate of drug-likeness (QED) is 0.777. The van der Waals surface area contributed by atoms with E-state index in [1.54, 1.807) is 12.1 Å². The molecule has 0 aliphatic carbocycles. The molecule has 0 atom stereocenters. The number of carbonyl (C=O) groups excluding carboxylic acids is 1. The van der Waals surface area contributed by atoms with Crippen LogP contribution in [0.25, 0.3) is 0 Å². The molecule has 1 heterocycles. The standard InChI is InChI=1S/C14H14BrClN2O/c1-9(2)18-7-6-10(17-18)8-13(19)11-4-3-5-12(15)14(11)16/h3-7,9H,8H2,1-2H3. The van der Waals surface area contributed by atoms with E-state index in [9.17, 15) is 4.79 Å². The number of ketones is 1. The van der Waals surface area contributed by atoms with Crippen LogP contribution in [0, 0.1) is 0 Å². The van der Waals surface area contributed by atoms with Gasteiger partial charge in [0.05, 0.1) is 17.1 Å².